The van der Waals surface area contributed by atoms with Gasteiger partial charge in [0.2, 0.25) is 0 Å². The van der Waals surface area contributed by atoms with Crippen LogP contribution in [0.25, 0.3) is 0 Å². The Hall–Kier alpha value is -1.06. The number of benzene rings is 2. The summed E-state index contributed by atoms with van der Waals surface area (Å²) in [6, 6.07) is 24.0. The van der Waals surface area contributed by atoms with Gasteiger partial charge in [-0.25, -0.2) is 4.67 Å². The third-order valence-corrected chi connectivity index (χ3v) is 10.3. The van der Waals surface area contributed by atoms with Gasteiger partial charge in [0.25, 0.3) is 8.53 Å². The summed E-state index contributed by atoms with van der Waals surface area (Å²) in [7, 11) is 2.46. The summed E-state index contributed by atoms with van der Waals surface area (Å²) < 4.78 is 15.4. The maximum absolute atomic E-state index is 9.02. The molecule has 3 atom stereocenters. The Morgan fingerprint density at radius 3 is 1.81 bits per heavy atom. The summed E-state index contributed by atoms with van der Waals surface area (Å²) in [6.45, 7) is 9.08. The van der Waals surface area contributed by atoms with Crippen molar-refractivity contribution in [1.82, 2.24) is 4.67 Å². The van der Waals surface area contributed by atoms with Gasteiger partial charge in [-0.1, -0.05) is 82.3 Å². The van der Waals surface area contributed by atoms with Crippen molar-refractivity contribution >= 4 is 30.1 Å². The second-order valence-electron chi connectivity index (χ2n) is 7.97. The molecule has 1 saturated heterocycles. The van der Waals surface area contributed by atoms with Gasteiger partial charge in [0.15, 0.2) is 0 Å². The molecule has 0 spiro atoms. The fourth-order valence-corrected chi connectivity index (χ4v) is 9.16. The number of nitrogens with zero attached hydrogens (tertiary/aromatic N) is 2. The van der Waals surface area contributed by atoms with Gasteiger partial charge in [-0.05, 0) is 38.8 Å². The maximum Gasteiger partial charge on any atom is 0.259 e. The van der Waals surface area contributed by atoms with Gasteiger partial charge in [0.1, 0.15) is 0 Å². The summed E-state index contributed by atoms with van der Waals surface area (Å²) in [4.78, 5) is 0. The van der Waals surface area contributed by atoms with Gasteiger partial charge in [-0.2, -0.15) is 5.26 Å². The number of rotatable bonds is 10. The predicted octanol–water partition coefficient (Wildman–Crippen LogP) is 7.53. The molecule has 4 nitrogen and oxygen atoms in total. The fourth-order valence-electron chi connectivity index (χ4n) is 3.67. The Labute approximate surface area is 196 Å². The SMILES string of the molecule is CC(C)N(C(C)C)P(OCCC#N)OC1[C@@H](c2ccccc2)SS[C@@H]1c1ccccc1. The Morgan fingerprint density at radius 1 is 0.903 bits per heavy atom. The molecule has 31 heavy (non-hydrogen) atoms. The molecule has 1 heterocycles. The minimum absolute atomic E-state index is 0.0343. The lowest BCUT2D eigenvalue weighted by molar-refractivity contribution is 0.130. The summed E-state index contributed by atoms with van der Waals surface area (Å²) in [5, 5.41) is 9.44. The highest BCUT2D eigenvalue weighted by molar-refractivity contribution is 8.77. The van der Waals surface area contributed by atoms with Gasteiger partial charge >= 0.3 is 0 Å². The topological polar surface area (TPSA) is 45.5 Å². The molecule has 0 saturated carbocycles. The molecule has 1 aliphatic rings. The highest BCUT2D eigenvalue weighted by Gasteiger charge is 2.44. The zero-order valence-corrected chi connectivity index (χ0v) is 21.1. The lowest BCUT2D eigenvalue weighted by atomic mass is 10.0. The molecule has 2 aromatic rings. The van der Waals surface area contributed by atoms with Crippen LogP contribution in [0.15, 0.2) is 60.7 Å². The molecular weight excluding hydrogens is 443 g/mol. The van der Waals surface area contributed by atoms with E-state index in [4.69, 9.17) is 14.3 Å². The summed E-state index contributed by atoms with van der Waals surface area (Å²) in [5.74, 6) is 0. The van der Waals surface area contributed by atoms with E-state index in [-0.39, 0.29) is 28.7 Å². The van der Waals surface area contributed by atoms with E-state index in [1.165, 1.54) is 11.1 Å². The minimum atomic E-state index is -1.30. The Kier molecular flexibility index (Phi) is 9.72. The van der Waals surface area contributed by atoms with Crippen LogP contribution in [0, 0.1) is 11.3 Å². The van der Waals surface area contributed by atoms with E-state index in [9.17, 15) is 0 Å². The normalized spacial score (nSPS) is 20.5. The first-order chi connectivity index (χ1) is 15.0. The first kappa shape index (κ1) is 24.6. The highest BCUT2D eigenvalue weighted by Crippen LogP contribution is 2.63. The first-order valence-electron chi connectivity index (χ1n) is 10.7. The molecule has 2 aromatic carbocycles. The molecule has 0 aromatic heterocycles. The summed E-state index contributed by atoms with van der Waals surface area (Å²) in [6.07, 6.45) is 0.331. The van der Waals surface area contributed by atoms with Gasteiger partial charge < -0.3 is 9.05 Å². The molecule has 1 fully saturated rings. The second-order valence-corrected chi connectivity index (χ2v) is 11.9. The third kappa shape index (κ3) is 6.48. The second kappa shape index (κ2) is 12.3. The lowest BCUT2D eigenvalue weighted by Gasteiger charge is -2.38. The fraction of sp³-hybridized carbons (Fsp3) is 0.458. The van der Waals surface area contributed by atoms with Crippen molar-refractivity contribution in [2.75, 3.05) is 6.61 Å². The van der Waals surface area contributed by atoms with Crippen LogP contribution in [0.2, 0.25) is 0 Å². The molecule has 3 rings (SSSR count). The van der Waals surface area contributed by atoms with Crippen molar-refractivity contribution < 1.29 is 9.05 Å². The molecule has 1 aliphatic heterocycles. The smallest absolute Gasteiger partial charge is 0.259 e. The van der Waals surface area contributed by atoms with Crippen LogP contribution < -0.4 is 0 Å². The monoisotopic (exact) mass is 474 g/mol. The van der Waals surface area contributed by atoms with Gasteiger partial charge in [-0.15, -0.1) is 0 Å². The van der Waals surface area contributed by atoms with Crippen LogP contribution in [-0.4, -0.2) is 29.5 Å². The molecule has 0 aliphatic carbocycles. The van der Waals surface area contributed by atoms with E-state index in [1.807, 2.05) is 21.6 Å². The van der Waals surface area contributed by atoms with Crippen LogP contribution in [-0.2, 0) is 9.05 Å². The van der Waals surface area contributed by atoms with E-state index in [0.29, 0.717) is 13.0 Å². The quantitative estimate of drug-likeness (QED) is 0.201. The zero-order chi connectivity index (χ0) is 22.2. The van der Waals surface area contributed by atoms with Crippen LogP contribution >= 0.6 is 30.1 Å². The maximum atomic E-state index is 9.02. The summed E-state index contributed by atoms with van der Waals surface area (Å²) in [5.41, 5.74) is 2.55. The Bertz CT molecular complexity index is 777. The van der Waals surface area contributed by atoms with E-state index in [2.05, 4.69) is 99.1 Å². The van der Waals surface area contributed by atoms with Gasteiger partial charge in [0, 0.05) is 12.1 Å². The molecule has 0 radical (unpaired) electrons. The number of hydrogen-bond acceptors (Lipinski definition) is 6. The molecule has 0 amide bonds. The molecule has 7 heteroatoms. The molecular formula is C24H31N2O2PS2. The van der Waals surface area contributed by atoms with Crippen LogP contribution in [0.4, 0.5) is 0 Å². The van der Waals surface area contributed by atoms with E-state index in [0.717, 1.165) is 0 Å². The van der Waals surface area contributed by atoms with E-state index in [1.54, 1.807) is 0 Å². The standard InChI is InChI=1S/C24H31N2O2PS2/c1-18(2)26(19(3)4)29(27-17-11-16-25)28-22-23(20-12-7-5-8-13-20)30-31-24(22)21-14-9-6-10-15-21/h5-10,12-15,18-19,22-24H,11,17H2,1-4H3/t23-,24-,29?/m1/s1. The minimum Gasteiger partial charge on any atom is -0.321 e. The molecule has 0 bridgehead atoms. The Balaban J connectivity index is 1.93. The average molecular weight is 475 g/mol. The van der Waals surface area contributed by atoms with Crippen molar-refractivity contribution in [1.29, 1.82) is 5.26 Å². The number of nitriles is 1. The van der Waals surface area contributed by atoms with Crippen molar-refractivity contribution in [2.24, 2.45) is 0 Å². The third-order valence-electron chi connectivity index (χ3n) is 4.99. The van der Waals surface area contributed by atoms with Crippen molar-refractivity contribution in [3.63, 3.8) is 0 Å². The van der Waals surface area contributed by atoms with Crippen LogP contribution in [0.5, 0.6) is 0 Å². The largest absolute Gasteiger partial charge is 0.321 e. The average Bonchev–Trinajstić information content (AvgIpc) is 3.18. The first-order valence-corrected chi connectivity index (χ1v) is 14.1. The van der Waals surface area contributed by atoms with Crippen molar-refractivity contribution in [3.8, 4) is 6.07 Å². The molecule has 1 unspecified atom stereocenters. The molecule has 0 N–H and O–H groups in total. The lowest BCUT2D eigenvalue weighted by Crippen LogP contribution is -2.35. The highest BCUT2D eigenvalue weighted by atomic mass is 33.1. The van der Waals surface area contributed by atoms with E-state index < -0.39 is 8.53 Å². The zero-order valence-electron chi connectivity index (χ0n) is 18.5. The number of hydrogen-bond donors (Lipinski definition) is 0. The van der Waals surface area contributed by atoms with Crippen molar-refractivity contribution in [3.05, 3.63) is 71.8 Å². The van der Waals surface area contributed by atoms with Crippen molar-refractivity contribution in [2.45, 2.75) is 62.8 Å². The van der Waals surface area contributed by atoms with Crippen LogP contribution in [0.3, 0.4) is 0 Å². The Morgan fingerprint density at radius 2 is 1.39 bits per heavy atom. The van der Waals surface area contributed by atoms with Crippen LogP contribution in [0.1, 0.15) is 55.7 Å². The van der Waals surface area contributed by atoms with Gasteiger partial charge in [0.05, 0.1) is 35.7 Å². The summed E-state index contributed by atoms with van der Waals surface area (Å²) >= 11 is 0. The van der Waals surface area contributed by atoms with Gasteiger partial charge in [-0.3, -0.25) is 0 Å². The predicted molar refractivity (Wildman–Crippen MR) is 134 cm³/mol. The molecule has 166 valence electrons. The van der Waals surface area contributed by atoms with E-state index >= 15 is 0 Å².